The first kappa shape index (κ1) is 32.1. The molecule has 2 atom stereocenters. The second kappa shape index (κ2) is 14.4. The Morgan fingerprint density at radius 3 is 2.41 bits per heavy atom. The Balaban J connectivity index is 0.000000587. The molecule has 1 amide bonds. The lowest BCUT2D eigenvalue weighted by atomic mass is 10.1. The number of alkyl halides is 3. The zero-order valence-electron chi connectivity index (χ0n) is 23.0. The number of nitrogens with one attached hydrogen (secondary N) is 2. The monoisotopic (exact) mass is 596 g/mol. The molecule has 0 aliphatic rings. The third-order valence-corrected chi connectivity index (χ3v) is 7.09. The van der Waals surface area contributed by atoms with Gasteiger partial charge in [0, 0.05) is 38.4 Å². The van der Waals surface area contributed by atoms with Crippen LogP contribution in [0.4, 0.5) is 24.3 Å². The van der Waals surface area contributed by atoms with Gasteiger partial charge >= 0.3 is 6.36 Å². The molecule has 6 N–H and O–H groups in total. The van der Waals surface area contributed by atoms with Crippen molar-refractivity contribution in [3.63, 3.8) is 0 Å². The standard InChI is InChI=1S/C22H22F3N5O3S.C5H13NO/c1-12(11-31)7-8-26-19(32)13-3-6-17-16(9-13)27-20(30(17)2)29-21-28-15-5-4-14(10-18(15)34-21)33-22(23,24)25;1-5(4-7)2-3-6/h3-6,9-10,12,31H,7-8,11H2,1-2H3,(H,26,32)(H,27,28,29);5,7H,2-4,6H2,1H3/t12-;5-/m11/s1. The van der Waals surface area contributed by atoms with Crippen molar-refractivity contribution in [2.24, 2.45) is 24.6 Å². The van der Waals surface area contributed by atoms with E-state index in [0.717, 1.165) is 11.9 Å². The Morgan fingerprint density at radius 1 is 1.07 bits per heavy atom. The number of aliphatic hydroxyl groups is 2. The number of carbonyl (C=O) groups excluding carboxylic acids is 1. The number of nitrogens with zero attached hydrogens (tertiary/aromatic N) is 3. The summed E-state index contributed by atoms with van der Waals surface area (Å²) >= 11 is 1.17. The number of ether oxygens (including phenoxy) is 1. The van der Waals surface area contributed by atoms with Crippen molar-refractivity contribution in [1.82, 2.24) is 19.9 Å². The van der Waals surface area contributed by atoms with Gasteiger partial charge in [0.25, 0.3) is 5.91 Å². The topological polar surface area (TPSA) is 148 Å². The maximum absolute atomic E-state index is 12.5. The number of nitrogens with two attached hydrogens (primary N) is 1. The SMILES string of the molecule is C[C@@H](CO)CCN.C[C@@H](CO)CCNC(=O)c1ccc2c(c1)nc(Nc1nc3ccc(OC(F)(F)F)cc3s1)n2C. The number of thiazole rings is 1. The quantitative estimate of drug-likeness (QED) is 0.170. The first-order valence-electron chi connectivity index (χ1n) is 13.0. The number of aliphatic hydroxyl groups excluding tert-OH is 2. The number of anilines is 2. The third-order valence-electron chi connectivity index (χ3n) is 6.16. The van der Waals surface area contributed by atoms with Crippen LogP contribution in [0.15, 0.2) is 36.4 Å². The van der Waals surface area contributed by atoms with Gasteiger partial charge in [-0.1, -0.05) is 25.2 Å². The number of fused-ring (bicyclic) bond motifs is 2. The second-order valence-corrected chi connectivity index (χ2v) is 10.7. The molecule has 0 fully saturated rings. The maximum Gasteiger partial charge on any atom is 0.573 e. The van der Waals surface area contributed by atoms with Gasteiger partial charge in [-0.15, -0.1) is 13.2 Å². The van der Waals surface area contributed by atoms with E-state index < -0.39 is 6.36 Å². The minimum Gasteiger partial charge on any atom is -0.406 e. The van der Waals surface area contributed by atoms with Crippen LogP contribution in [0.25, 0.3) is 21.3 Å². The van der Waals surface area contributed by atoms with E-state index in [1.165, 1.54) is 29.5 Å². The third kappa shape index (κ3) is 9.28. The lowest BCUT2D eigenvalue weighted by Gasteiger charge is -2.09. The molecule has 0 saturated heterocycles. The van der Waals surface area contributed by atoms with Gasteiger partial charge in [-0.2, -0.15) is 0 Å². The van der Waals surface area contributed by atoms with E-state index in [2.05, 4.69) is 25.3 Å². The van der Waals surface area contributed by atoms with E-state index in [-0.39, 0.29) is 30.8 Å². The van der Waals surface area contributed by atoms with Gasteiger partial charge in [-0.25, -0.2) is 9.97 Å². The summed E-state index contributed by atoms with van der Waals surface area (Å²) in [6.07, 6.45) is -3.16. The number of carbonyl (C=O) groups is 1. The smallest absolute Gasteiger partial charge is 0.406 e. The molecule has 0 saturated carbocycles. The Bertz CT molecular complexity index is 1440. The lowest BCUT2D eigenvalue weighted by molar-refractivity contribution is -0.274. The molecule has 10 nitrogen and oxygen atoms in total. The zero-order chi connectivity index (χ0) is 30.2. The number of hydrogen-bond acceptors (Lipinski definition) is 9. The van der Waals surface area contributed by atoms with Crippen molar-refractivity contribution in [3.8, 4) is 5.75 Å². The Labute approximate surface area is 239 Å². The average molecular weight is 597 g/mol. The number of amides is 1. The van der Waals surface area contributed by atoms with E-state index in [1.54, 1.807) is 29.8 Å². The number of aryl methyl sites for hydroxylation is 1. The lowest BCUT2D eigenvalue weighted by Crippen LogP contribution is -2.26. The maximum atomic E-state index is 12.5. The minimum absolute atomic E-state index is 0.0721. The highest BCUT2D eigenvalue weighted by Gasteiger charge is 2.31. The highest BCUT2D eigenvalue weighted by molar-refractivity contribution is 7.22. The van der Waals surface area contributed by atoms with E-state index in [4.69, 9.17) is 15.9 Å². The number of rotatable bonds is 11. The summed E-state index contributed by atoms with van der Waals surface area (Å²) in [7, 11) is 1.80. The van der Waals surface area contributed by atoms with Crippen LogP contribution >= 0.6 is 11.3 Å². The van der Waals surface area contributed by atoms with Crippen molar-refractivity contribution >= 4 is 49.6 Å². The second-order valence-electron chi connectivity index (χ2n) is 9.72. The highest BCUT2D eigenvalue weighted by atomic mass is 32.1. The van der Waals surface area contributed by atoms with Crippen LogP contribution < -0.4 is 21.1 Å². The molecule has 0 unspecified atom stereocenters. The molecule has 224 valence electrons. The molecule has 2 aromatic heterocycles. The Kier molecular flexibility index (Phi) is 11.3. The average Bonchev–Trinajstić information content (AvgIpc) is 3.47. The van der Waals surface area contributed by atoms with E-state index in [1.807, 2.05) is 13.8 Å². The van der Waals surface area contributed by atoms with Crippen LogP contribution in [0.3, 0.4) is 0 Å². The van der Waals surface area contributed by atoms with Gasteiger partial charge < -0.3 is 35.9 Å². The molecule has 0 bridgehead atoms. The van der Waals surface area contributed by atoms with Gasteiger partial charge in [0.2, 0.25) is 5.95 Å². The van der Waals surface area contributed by atoms with Crippen molar-refractivity contribution in [3.05, 3.63) is 42.0 Å². The van der Waals surface area contributed by atoms with Gasteiger partial charge in [0.05, 0.1) is 21.3 Å². The van der Waals surface area contributed by atoms with Crippen LogP contribution in [0, 0.1) is 11.8 Å². The molecule has 0 aliphatic heterocycles. The van der Waals surface area contributed by atoms with Gasteiger partial charge in [-0.3, -0.25) is 4.79 Å². The number of imidazole rings is 1. The molecule has 2 heterocycles. The van der Waals surface area contributed by atoms with Gasteiger partial charge in [0.1, 0.15) is 5.75 Å². The first-order chi connectivity index (χ1) is 19.4. The molecule has 4 aromatic rings. The molecule has 41 heavy (non-hydrogen) atoms. The fourth-order valence-corrected chi connectivity index (χ4v) is 4.59. The first-order valence-corrected chi connectivity index (χ1v) is 13.9. The van der Waals surface area contributed by atoms with Crippen LogP contribution in [-0.2, 0) is 7.05 Å². The predicted octanol–water partition coefficient (Wildman–Crippen LogP) is 4.54. The summed E-state index contributed by atoms with van der Waals surface area (Å²) in [5, 5.41) is 23.9. The Hall–Kier alpha value is -3.46. The van der Waals surface area contributed by atoms with Crippen LogP contribution in [0.5, 0.6) is 5.75 Å². The summed E-state index contributed by atoms with van der Waals surface area (Å²) < 4.78 is 43.7. The van der Waals surface area contributed by atoms with E-state index >= 15 is 0 Å². The minimum atomic E-state index is -4.76. The fourth-order valence-electron chi connectivity index (χ4n) is 3.71. The molecule has 0 radical (unpaired) electrons. The molecule has 2 aromatic carbocycles. The summed E-state index contributed by atoms with van der Waals surface area (Å²) in [5.41, 5.74) is 7.57. The number of benzene rings is 2. The van der Waals surface area contributed by atoms with Crippen LogP contribution in [-0.4, -0.2) is 63.3 Å². The van der Waals surface area contributed by atoms with E-state index in [9.17, 15) is 18.0 Å². The summed E-state index contributed by atoms with van der Waals surface area (Å²) in [6.45, 7) is 5.36. The van der Waals surface area contributed by atoms with Crippen LogP contribution in [0.1, 0.15) is 37.0 Å². The molecular weight excluding hydrogens is 561 g/mol. The molecular formula is C27H35F3N6O4S. The summed E-state index contributed by atoms with van der Waals surface area (Å²) in [4.78, 5) is 21.4. The largest absolute Gasteiger partial charge is 0.573 e. The summed E-state index contributed by atoms with van der Waals surface area (Å²) in [6, 6.07) is 9.14. The highest BCUT2D eigenvalue weighted by Crippen LogP contribution is 2.33. The summed E-state index contributed by atoms with van der Waals surface area (Å²) in [5.74, 6) is 0.420. The number of aromatic nitrogens is 3. The van der Waals surface area contributed by atoms with Crippen LogP contribution in [0.2, 0.25) is 0 Å². The van der Waals surface area contributed by atoms with E-state index in [0.29, 0.717) is 57.8 Å². The normalized spacial score (nSPS) is 13.0. The molecule has 0 spiro atoms. The van der Waals surface area contributed by atoms with Gasteiger partial charge in [-0.05, 0) is 61.6 Å². The van der Waals surface area contributed by atoms with Crippen molar-refractivity contribution in [1.29, 1.82) is 0 Å². The zero-order valence-corrected chi connectivity index (χ0v) is 23.8. The number of halogens is 3. The molecule has 14 heteroatoms. The fraction of sp³-hybridized carbons (Fsp3) is 0.444. The Morgan fingerprint density at radius 2 is 1.78 bits per heavy atom. The number of hydrogen-bond donors (Lipinski definition) is 5. The van der Waals surface area contributed by atoms with Crippen molar-refractivity contribution < 1.29 is 32.9 Å². The van der Waals surface area contributed by atoms with Crippen molar-refractivity contribution in [2.45, 2.75) is 33.1 Å². The predicted molar refractivity (Wildman–Crippen MR) is 153 cm³/mol. The molecule has 0 aliphatic carbocycles. The van der Waals surface area contributed by atoms with Gasteiger partial charge in [0.15, 0.2) is 5.13 Å². The van der Waals surface area contributed by atoms with Crippen molar-refractivity contribution in [2.75, 3.05) is 31.6 Å². The molecule has 4 rings (SSSR count).